The Labute approximate surface area is 245 Å². The van der Waals surface area contributed by atoms with Gasteiger partial charge in [-0.05, 0) is 113 Å². The number of hydrogen-bond donors (Lipinski definition) is 2. The quantitative estimate of drug-likeness (QED) is 0.212. The Balaban J connectivity index is 0.000000436. The smallest absolute Gasteiger partial charge is 0.251 e. The monoisotopic (exact) mass is 563 g/mol. The molecule has 1 aliphatic rings. The van der Waals surface area contributed by atoms with Crippen LogP contribution in [0.5, 0.6) is 0 Å². The minimum atomic E-state index is -0.521. The van der Waals surface area contributed by atoms with Crippen molar-refractivity contribution in [1.29, 1.82) is 0 Å². The van der Waals surface area contributed by atoms with Gasteiger partial charge in [0.25, 0.3) is 5.91 Å². The SMILES string of the molecule is CCCCN(C)Cc1cc(C)cc(C(=O)NCCCNC2(c3cccc(CC)c3)CC2)c1.Cc1cc(F)cc(F)c1. The van der Waals surface area contributed by atoms with Crippen molar-refractivity contribution in [1.82, 2.24) is 15.5 Å². The van der Waals surface area contributed by atoms with Gasteiger partial charge in [-0.2, -0.15) is 0 Å². The number of carbonyl (C=O) groups excluding carboxylic acids is 1. The van der Waals surface area contributed by atoms with Gasteiger partial charge >= 0.3 is 0 Å². The molecule has 4 nitrogen and oxygen atoms in total. The third kappa shape index (κ3) is 10.7. The zero-order chi connectivity index (χ0) is 29.8. The Bertz CT molecular complexity index is 1220. The number of benzene rings is 3. The van der Waals surface area contributed by atoms with Crippen LogP contribution in [0.3, 0.4) is 0 Å². The van der Waals surface area contributed by atoms with E-state index in [9.17, 15) is 13.6 Å². The number of amides is 1. The molecule has 3 aromatic rings. The summed E-state index contributed by atoms with van der Waals surface area (Å²) in [5.74, 6) is -1.01. The second kappa shape index (κ2) is 15.8. The van der Waals surface area contributed by atoms with Gasteiger partial charge in [-0.25, -0.2) is 8.78 Å². The van der Waals surface area contributed by atoms with Crippen molar-refractivity contribution in [3.05, 3.63) is 106 Å². The standard InChI is InChI=1S/C28H41N3O.C7H6F2/c1-5-7-16-31(4)21-24-17-22(3)18-25(19-24)27(32)29-14-9-15-30-28(12-13-28)26-11-8-10-23(6-2)20-26;1-5-2-6(8)4-7(9)3-5/h8,10-11,17-20,30H,5-7,9,12-16,21H2,1-4H3,(H,29,32);2-4H,1H3. The Kier molecular flexibility index (Phi) is 12.5. The summed E-state index contributed by atoms with van der Waals surface area (Å²) in [6, 6.07) is 18.6. The lowest BCUT2D eigenvalue weighted by Crippen LogP contribution is -2.33. The minimum absolute atomic E-state index is 0.0305. The molecule has 0 aliphatic heterocycles. The first-order chi connectivity index (χ1) is 19.6. The highest BCUT2D eigenvalue weighted by Gasteiger charge is 2.43. The lowest BCUT2D eigenvalue weighted by molar-refractivity contribution is 0.0953. The summed E-state index contributed by atoms with van der Waals surface area (Å²) in [5, 5.41) is 6.86. The lowest BCUT2D eigenvalue weighted by atomic mass is 10.0. The molecule has 0 bridgehead atoms. The molecule has 4 rings (SSSR count). The van der Waals surface area contributed by atoms with E-state index in [0.717, 1.165) is 49.7 Å². The molecule has 0 radical (unpaired) electrons. The summed E-state index contributed by atoms with van der Waals surface area (Å²) in [6.45, 7) is 11.7. The Hall–Kier alpha value is -3.09. The highest BCUT2D eigenvalue weighted by molar-refractivity contribution is 5.94. The first-order valence-electron chi connectivity index (χ1n) is 15.0. The normalized spacial score (nSPS) is 13.5. The van der Waals surface area contributed by atoms with E-state index in [-0.39, 0.29) is 11.4 Å². The van der Waals surface area contributed by atoms with E-state index in [1.165, 1.54) is 54.5 Å². The molecule has 0 saturated heterocycles. The maximum atomic E-state index is 12.7. The third-order valence-electron chi connectivity index (χ3n) is 7.49. The highest BCUT2D eigenvalue weighted by atomic mass is 19.1. The predicted molar refractivity (Wildman–Crippen MR) is 165 cm³/mol. The molecule has 41 heavy (non-hydrogen) atoms. The van der Waals surface area contributed by atoms with Crippen LogP contribution in [0.2, 0.25) is 0 Å². The molecule has 6 heteroatoms. The fourth-order valence-electron chi connectivity index (χ4n) is 5.10. The molecule has 222 valence electrons. The zero-order valence-corrected chi connectivity index (χ0v) is 25.5. The number of nitrogens with one attached hydrogen (secondary N) is 2. The van der Waals surface area contributed by atoms with Crippen LogP contribution in [0.15, 0.2) is 60.7 Å². The van der Waals surface area contributed by atoms with Gasteiger partial charge < -0.3 is 15.5 Å². The molecular weight excluding hydrogens is 516 g/mol. The number of carbonyl (C=O) groups is 1. The highest BCUT2D eigenvalue weighted by Crippen LogP contribution is 2.45. The Morgan fingerprint density at radius 2 is 1.59 bits per heavy atom. The predicted octanol–water partition coefficient (Wildman–Crippen LogP) is 7.46. The molecule has 1 aliphatic carbocycles. The van der Waals surface area contributed by atoms with E-state index in [2.05, 4.69) is 73.7 Å². The van der Waals surface area contributed by atoms with Gasteiger partial charge in [0.1, 0.15) is 11.6 Å². The van der Waals surface area contributed by atoms with Crippen molar-refractivity contribution >= 4 is 5.91 Å². The molecule has 0 spiro atoms. The molecule has 0 atom stereocenters. The van der Waals surface area contributed by atoms with Gasteiger partial charge in [-0.3, -0.25) is 4.79 Å². The van der Waals surface area contributed by atoms with Crippen molar-refractivity contribution in [2.24, 2.45) is 0 Å². The molecule has 2 N–H and O–H groups in total. The largest absolute Gasteiger partial charge is 0.352 e. The Morgan fingerprint density at radius 3 is 2.22 bits per heavy atom. The molecule has 1 amide bonds. The average molecular weight is 564 g/mol. The first-order valence-corrected chi connectivity index (χ1v) is 15.0. The van der Waals surface area contributed by atoms with Gasteiger partial charge in [0.15, 0.2) is 0 Å². The van der Waals surface area contributed by atoms with Crippen LogP contribution in [0, 0.1) is 25.5 Å². The molecule has 1 saturated carbocycles. The van der Waals surface area contributed by atoms with Crippen molar-refractivity contribution < 1.29 is 13.6 Å². The number of unbranched alkanes of at least 4 members (excludes halogenated alkanes) is 1. The van der Waals surface area contributed by atoms with E-state index >= 15 is 0 Å². The Morgan fingerprint density at radius 1 is 0.878 bits per heavy atom. The summed E-state index contributed by atoms with van der Waals surface area (Å²) in [4.78, 5) is 15.1. The van der Waals surface area contributed by atoms with Crippen LogP contribution in [-0.2, 0) is 18.5 Å². The van der Waals surface area contributed by atoms with Crippen molar-refractivity contribution in [2.45, 2.75) is 78.3 Å². The third-order valence-corrected chi connectivity index (χ3v) is 7.49. The molecule has 3 aromatic carbocycles. The molecular formula is C35H47F2N3O. The maximum Gasteiger partial charge on any atom is 0.251 e. The van der Waals surface area contributed by atoms with Crippen LogP contribution >= 0.6 is 0 Å². The van der Waals surface area contributed by atoms with E-state index in [4.69, 9.17) is 0 Å². The van der Waals surface area contributed by atoms with Crippen molar-refractivity contribution in [3.8, 4) is 0 Å². The first kappa shape index (κ1) is 32.4. The maximum absolute atomic E-state index is 12.7. The zero-order valence-electron chi connectivity index (χ0n) is 25.5. The van der Waals surface area contributed by atoms with Crippen molar-refractivity contribution in [2.75, 3.05) is 26.7 Å². The van der Waals surface area contributed by atoms with E-state index in [0.29, 0.717) is 12.1 Å². The summed E-state index contributed by atoms with van der Waals surface area (Å²) < 4.78 is 24.4. The molecule has 0 heterocycles. The van der Waals surface area contributed by atoms with Gasteiger partial charge in [0.2, 0.25) is 0 Å². The molecule has 0 aromatic heterocycles. The number of rotatable bonds is 13. The average Bonchev–Trinajstić information content (AvgIpc) is 3.72. The van der Waals surface area contributed by atoms with Crippen LogP contribution in [0.1, 0.15) is 84.1 Å². The van der Waals surface area contributed by atoms with Crippen LogP contribution < -0.4 is 10.6 Å². The van der Waals surface area contributed by atoms with Gasteiger partial charge in [-0.1, -0.05) is 56.2 Å². The van der Waals surface area contributed by atoms with Gasteiger partial charge in [0.05, 0.1) is 0 Å². The van der Waals surface area contributed by atoms with Crippen LogP contribution in [0.25, 0.3) is 0 Å². The van der Waals surface area contributed by atoms with E-state index < -0.39 is 11.6 Å². The van der Waals surface area contributed by atoms with Crippen LogP contribution in [-0.4, -0.2) is 37.5 Å². The number of halogens is 2. The summed E-state index contributed by atoms with van der Waals surface area (Å²) in [6.07, 6.45) is 6.81. The van der Waals surface area contributed by atoms with E-state index in [1.807, 2.05) is 12.1 Å². The summed E-state index contributed by atoms with van der Waals surface area (Å²) in [5.41, 5.74) is 6.70. The van der Waals surface area contributed by atoms with Gasteiger partial charge in [-0.15, -0.1) is 0 Å². The van der Waals surface area contributed by atoms with Crippen molar-refractivity contribution in [3.63, 3.8) is 0 Å². The molecule has 0 unspecified atom stereocenters. The number of hydrogen-bond acceptors (Lipinski definition) is 3. The number of aryl methyl sites for hydroxylation is 3. The van der Waals surface area contributed by atoms with Gasteiger partial charge in [0, 0.05) is 30.3 Å². The number of nitrogens with zero attached hydrogens (tertiary/aromatic N) is 1. The van der Waals surface area contributed by atoms with E-state index in [1.54, 1.807) is 6.92 Å². The molecule has 1 fully saturated rings. The fourth-order valence-corrected chi connectivity index (χ4v) is 5.10. The minimum Gasteiger partial charge on any atom is -0.352 e. The van der Waals surface area contributed by atoms with Crippen LogP contribution in [0.4, 0.5) is 8.78 Å². The fraction of sp³-hybridized carbons (Fsp3) is 0.457. The topological polar surface area (TPSA) is 44.4 Å². The second-order valence-electron chi connectivity index (χ2n) is 11.4. The summed E-state index contributed by atoms with van der Waals surface area (Å²) in [7, 11) is 2.15. The summed E-state index contributed by atoms with van der Waals surface area (Å²) >= 11 is 0. The second-order valence-corrected chi connectivity index (χ2v) is 11.4. The lowest BCUT2D eigenvalue weighted by Gasteiger charge is -2.19.